The molecule has 1 heterocycles. The number of benzene rings is 1. The van der Waals surface area contributed by atoms with E-state index in [0.717, 1.165) is 0 Å². The van der Waals surface area contributed by atoms with E-state index in [4.69, 9.17) is 11.5 Å². The summed E-state index contributed by atoms with van der Waals surface area (Å²) in [6, 6.07) is 8.94. The number of carbonyl (C=O) groups excluding carboxylic acids is 2. The summed E-state index contributed by atoms with van der Waals surface area (Å²) in [6.07, 6.45) is 3.65. The Bertz CT molecular complexity index is 986. The van der Waals surface area contributed by atoms with Gasteiger partial charge in [0.05, 0.1) is 18.2 Å². The van der Waals surface area contributed by atoms with Crippen molar-refractivity contribution in [1.82, 2.24) is 15.6 Å². The molecule has 0 aliphatic heterocycles. The summed E-state index contributed by atoms with van der Waals surface area (Å²) >= 11 is 0. The molecule has 1 saturated carbocycles. The molecule has 1 fully saturated rings. The van der Waals surface area contributed by atoms with Crippen molar-refractivity contribution in [1.29, 1.82) is 0 Å². The van der Waals surface area contributed by atoms with Gasteiger partial charge in [-0.1, -0.05) is 39.8 Å². The molecule has 1 aliphatic carbocycles. The van der Waals surface area contributed by atoms with Crippen LogP contribution in [0, 0.1) is 0 Å². The Kier molecular flexibility index (Phi) is 11.2. The van der Waals surface area contributed by atoms with Crippen molar-refractivity contribution in [2.45, 2.75) is 58.5 Å². The van der Waals surface area contributed by atoms with E-state index in [1.54, 1.807) is 36.5 Å². The number of carbonyl (C=O) groups is 3. The SMILES string of the molecule is CC.CC.NC(N)=Nc1cccc(C(=O)NC2(C(=O)NC(CC(=O)O)c3cccnc3)CC2)c1. The number of pyridine rings is 1. The maximum atomic E-state index is 12.9. The summed E-state index contributed by atoms with van der Waals surface area (Å²) in [5.41, 5.74) is 10.9. The number of hydrogen-bond donors (Lipinski definition) is 5. The van der Waals surface area contributed by atoms with Crippen LogP contribution in [0.15, 0.2) is 53.8 Å². The number of nitrogens with one attached hydrogen (secondary N) is 2. The molecule has 2 aromatic rings. The molecule has 1 atom stereocenters. The van der Waals surface area contributed by atoms with E-state index in [9.17, 15) is 19.5 Å². The van der Waals surface area contributed by atoms with Crippen molar-refractivity contribution in [3.8, 4) is 0 Å². The van der Waals surface area contributed by atoms with E-state index in [0.29, 0.717) is 29.7 Å². The first-order valence-electron chi connectivity index (χ1n) is 11.2. The van der Waals surface area contributed by atoms with Crippen molar-refractivity contribution in [3.05, 3.63) is 59.9 Å². The molecule has 2 amide bonds. The van der Waals surface area contributed by atoms with Crippen LogP contribution in [0.1, 0.15) is 68.9 Å². The van der Waals surface area contributed by atoms with Crippen molar-refractivity contribution in [3.63, 3.8) is 0 Å². The molecule has 1 unspecified atom stereocenters. The Balaban J connectivity index is 0.00000137. The topological polar surface area (TPSA) is 173 Å². The monoisotopic (exact) mass is 470 g/mol. The summed E-state index contributed by atoms with van der Waals surface area (Å²) < 4.78 is 0. The average Bonchev–Trinajstić information content (AvgIpc) is 3.62. The number of aromatic nitrogens is 1. The highest BCUT2D eigenvalue weighted by atomic mass is 16.4. The second-order valence-electron chi connectivity index (χ2n) is 7.03. The smallest absolute Gasteiger partial charge is 0.305 e. The molecule has 1 aromatic carbocycles. The van der Waals surface area contributed by atoms with Crippen LogP contribution in [-0.4, -0.2) is 39.4 Å². The van der Waals surface area contributed by atoms with Gasteiger partial charge in [-0.25, -0.2) is 4.99 Å². The van der Waals surface area contributed by atoms with Crippen LogP contribution in [0.2, 0.25) is 0 Å². The van der Waals surface area contributed by atoms with Crippen molar-refractivity contribution in [2.24, 2.45) is 16.5 Å². The van der Waals surface area contributed by atoms with Crippen LogP contribution in [0.4, 0.5) is 5.69 Å². The van der Waals surface area contributed by atoms with Gasteiger partial charge in [-0.2, -0.15) is 0 Å². The number of amides is 2. The van der Waals surface area contributed by atoms with Gasteiger partial charge >= 0.3 is 5.97 Å². The largest absolute Gasteiger partial charge is 0.481 e. The normalized spacial score (nSPS) is 13.4. The maximum Gasteiger partial charge on any atom is 0.305 e. The fourth-order valence-corrected chi connectivity index (χ4v) is 2.99. The van der Waals surface area contributed by atoms with E-state index in [2.05, 4.69) is 20.6 Å². The van der Waals surface area contributed by atoms with Gasteiger partial charge in [0.2, 0.25) is 5.91 Å². The van der Waals surface area contributed by atoms with Crippen molar-refractivity contribution in [2.75, 3.05) is 0 Å². The van der Waals surface area contributed by atoms with Crippen LogP contribution < -0.4 is 22.1 Å². The molecule has 0 radical (unpaired) electrons. The predicted octanol–water partition coefficient (Wildman–Crippen LogP) is 2.63. The van der Waals surface area contributed by atoms with E-state index in [1.807, 2.05) is 27.7 Å². The average molecular weight is 471 g/mol. The lowest BCUT2D eigenvalue weighted by Crippen LogP contribution is -2.50. The Morgan fingerprint density at radius 2 is 1.79 bits per heavy atom. The molecule has 34 heavy (non-hydrogen) atoms. The quantitative estimate of drug-likeness (QED) is 0.291. The highest BCUT2D eigenvalue weighted by Crippen LogP contribution is 2.37. The molecule has 7 N–H and O–H groups in total. The lowest BCUT2D eigenvalue weighted by atomic mass is 10.0. The third-order valence-electron chi connectivity index (χ3n) is 4.67. The molecule has 3 rings (SSSR count). The summed E-state index contributed by atoms with van der Waals surface area (Å²) in [4.78, 5) is 44.7. The number of nitrogens with two attached hydrogens (primary N) is 2. The van der Waals surface area contributed by atoms with Crippen molar-refractivity contribution < 1.29 is 19.5 Å². The molecule has 0 spiro atoms. The third kappa shape index (κ3) is 8.19. The van der Waals surface area contributed by atoms with Crippen LogP contribution in [0.3, 0.4) is 0 Å². The van der Waals surface area contributed by atoms with Gasteiger partial charge in [-0.3, -0.25) is 19.4 Å². The lowest BCUT2D eigenvalue weighted by molar-refractivity contribution is -0.137. The zero-order valence-corrected chi connectivity index (χ0v) is 20.0. The molecule has 0 saturated heterocycles. The number of carboxylic acids is 1. The van der Waals surface area contributed by atoms with E-state index >= 15 is 0 Å². The van der Waals surface area contributed by atoms with Gasteiger partial charge in [-0.05, 0) is 42.7 Å². The van der Waals surface area contributed by atoms with Crippen LogP contribution in [0.5, 0.6) is 0 Å². The second kappa shape index (κ2) is 13.6. The zero-order valence-electron chi connectivity index (χ0n) is 20.0. The lowest BCUT2D eigenvalue weighted by Gasteiger charge is -2.22. The minimum atomic E-state index is -1.08. The van der Waals surface area contributed by atoms with Crippen LogP contribution >= 0.6 is 0 Å². The third-order valence-corrected chi connectivity index (χ3v) is 4.67. The first-order valence-corrected chi connectivity index (χ1v) is 11.2. The molecule has 1 aliphatic rings. The van der Waals surface area contributed by atoms with Gasteiger partial charge in [0.1, 0.15) is 5.54 Å². The number of guanidine groups is 1. The van der Waals surface area contributed by atoms with Crippen molar-refractivity contribution >= 4 is 29.4 Å². The Morgan fingerprint density at radius 3 is 2.32 bits per heavy atom. The highest BCUT2D eigenvalue weighted by Gasteiger charge is 2.51. The van der Waals surface area contributed by atoms with E-state index in [-0.39, 0.29) is 12.4 Å². The summed E-state index contributed by atoms with van der Waals surface area (Å²) in [6.45, 7) is 8.00. The number of carboxylic acid groups (broad SMARTS) is 1. The Hall–Kier alpha value is -3.95. The molecule has 184 valence electrons. The number of rotatable bonds is 8. The summed E-state index contributed by atoms with van der Waals surface area (Å²) in [5, 5.41) is 14.7. The summed E-state index contributed by atoms with van der Waals surface area (Å²) in [7, 11) is 0. The minimum absolute atomic E-state index is 0.134. The zero-order chi connectivity index (χ0) is 25.7. The highest BCUT2D eigenvalue weighted by molar-refractivity contribution is 6.01. The molecular weight excluding hydrogens is 436 g/mol. The first kappa shape index (κ1) is 28.1. The van der Waals surface area contributed by atoms with Gasteiger partial charge in [-0.15, -0.1) is 0 Å². The number of nitrogens with zero attached hydrogens (tertiary/aromatic N) is 2. The first-order chi connectivity index (χ1) is 16.3. The van der Waals surface area contributed by atoms with Gasteiger partial charge in [0, 0.05) is 18.0 Å². The fourth-order valence-electron chi connectivity index (χ4n) is 2.99. The van der Waals surface area contributed by atoms with Crippen LogP contribution in [-0.2, 0) is 9.59 Å². The predicted molar refractivity (Wildman–Crippen MR) is 131 cm³/mol. The molecular formula is C24H34N6O4. The standard InChI is InChI=1S/C20H22N6O4.2C2H6/c21-19(22)24-14-5-1-3-12(9-14)17(29)26-20(6-7-20)18(30)25-15(10-16(27)28)13-4-2-8-23-11-13;2*1-2/h1-5,8-9,11,15H,6-7,10H2,(H,25,30)(H,26,29)(H,27,28)(H4,21,22,24);2*1-2H3. The van der Waals surface area contributed by atoms with Gasteiger partial charge < -0.3 is 27.2 Å². The number of hydrogen-bond acceptors (Lipinski definition) is 5. The number of aliphatic carboxylic acids is 1. The minimum Gasteiger partial charge on any atom is -0.481 e. The molecule has 1 aromatic heterocycles. The molecule has 0 bridgehead atoms. The molecule has 10 nitrogen and oxygen atoms in total. The Labute approximate surface area is 199 Å². The second-order valence-corrected chi connectivity index (χ2v) is 7.03. The fraction of sp³-hybridized carbons (Fsp3) is 0.375. The van der Waals surface area contributed by atoms with Crippen LogP contribution in [0.25, 0.3) is 0 Å². The van der Waals surface area contributed by atoms with E-state index in [1.165, 1.54) is 12.3 Å². The summed E-state index contributed by atoms with van der Waals surface area (Å²) in [5.74, 6) is -2.09. The van der Waals surface area contributed by atoms with Gasteiger partial charge in [0.15, 0.2) is 5.96 Å². The maximum absolute atomic E-state index is 12.9. The molecule has 10 heteroatoms. The van der Waals surface area contributed by atoms with Gasteiger partial charge in [0.25, 0.3) is 5.91 Å². The Morgan fingerprint density at radius 1 is 1.12 bits per heavy atom. The van der Waals surface area contributed by atoms with E-state index < -0.39 is 29.4 Å². The number of aliphatic imine (C=N–C) groups is 1.